The first kappa shape index (κ1) is 17.4. The second kappa shape index (κ2) is 6.83. The van der Waals surface area contributed by atoms with Gasteiger partial charge in [0, 0.05) is 18.2 Å². The molecule has 1 amide bonds. The highest BCUT2D eigenvalue weighted by molar-refractivity contribution is 6.06. The summed E-state index contributed by atoms with van der Waals surface area (Å²) in [5, 5.41) is 2.92. The van der Waals surface area contributed by atoms with Crippen LogP contribution in [0.3, 0.4) is 0 Å². The Bertz CT molecular complexity index is 1120. The number of halogens is 1. The molecule has 0 aliphatic carbocycles. The van der Waals surface area contributed by atoms with E-state index >= 15 is 0 Å². The van der Waals surface area contributed by atoms with Crippen molar-refractivity contribution >= 4 is 22.5 Å². The van der Waals surface area contributed by atoms with E-state index in [1.807, 2.05) is 0 Å². The zero-order valence-corrected chi connectivity index (χ0v) is 14.1. The predicted octanol–water partition coefficient (Wildman–Crippen LogP) is 2.11. The quantitative estimate of drug-likeness (QED) is 0.748. The molecular formula is C18H16FN3O4. The molecule has 0 aliphatic heterocycles. The summed E-state index contributed by atoms with van der Waals surface area (Å²) >= 11 is 0. The molecule has 8 heteroatoms. The molecule has 0 saturated carbocycles. The van der Waals surface area contributed by atoms with Gasteiger partial charge >= 0.3 is 5.69 Å². The summed E-state index contributed by atoms with van der Waals surface area (Å²) in [4.78, 5) is 39.2. The number of anilines is 1. The van der Waals surface area contributed by atoms with Gasteiger partial charge in [-0.15, -0.1) is 0 Å². The molecule has 1 aromatic heterocycles. The molecule has 134 valence electrons. The van der Waals surface area contributed by atoms with Gasteiger partial charge in [0.2, 0.25) is 0 Å². The highest BCUT2D eigenvalue weighted by atomic mass is 19.1. The first-order chi connectivity index (χ1) is 12.4. The molecule has 2 N–H and O–H groups in total. The van der Waals surface area contributed by atoms with Gasteiger partial charge in [0.25, 0.3) is 11.5 Å². The van der Waals surface area contributed by atoms with E-state index in [2.05, 4.69) is 10.3 Å². The average Bonchev–Trinajstić information content (AvgIpc) is 2.62. The summed E-state index contributed by atoms with van der Waals surface area (Å²) in [7, 11) is 1.37. The highest BCUT2D eigenvalue weighted by Crippen LogP contribution is 2.25. The summed E-state index contributed by atoms with van der Waals surface area (Å²) in [6.07, 6.45) is 0. The van der Waals surface area contributed by atoms with Gasteiger partial charge in [-0.25, -0.2) is 9.18 Å². The Hall–Kier alpha value is -3.42. The number of benzene rings is 2. The average molecular weight is 357 g/mol. The number of rotatable bonds is 4. The summed E-state index contributed by atoms with van der Waals surface area (Å²) in [5.41, 5.74) is -0.160. The topological polar surface area (TPSA) is 93.2 Å². The molecule has 0 fully saturated rings. The van der Waals surface area contributed by atoms with Gasteiger partial charge < -0.3 is 15.0 Å². The SMILES string of the molecule is CCn1c(=O)[nH]c2cc(C(=O)Nc3ccc(F)cc3OC)ccc2c1=O. The van der Waals surface area contributed by atoms with Crippen LogP contribution in [0.1, 0.15) is 17.3 Å². The molecule has 3 aromatic rings. The number of aromatic amines is 1. The van der Waals surface area contributed by atoms with Crippen molar-refractivity contribution in [3.05, 3.63) is 68.6 Å². The Labute approximate surface area is 147 Å². The summed E-state index contributed by atoms with van der Waals surface area (Å²) < 4.78 is 19.4. The van der Waals surface area contributed by atoms with Crippen molar-refractivity contribution in [3.63, 3.8) is 0 Å². The maximum absolute atomic E-state index is 13.2. The number of hydrogen-bond donors (Lipinski definition) is 2. The van der Waals surface area contributed by atoms with Crippen molar-refractivity contribution in [2.75, 3.05) is 12.4 Å². The van der Waals surface area contributed by atoms with E-state index in [4.69, 9.17) is 4.74 Å². The standard InChI is InChI=1S/C18H16FN3O4/c1-3-22-17(24)12-6-4-10(8-14(12)21-18(22)25)16(23)20-13-7-5-11(19)9-15(13)26-2/h4-9H,3H2,1-2H3,(H,20,23)(H,21,25). The number of carbonyl (C=O) groups excluding carboxylic acids is 1. The van der Waals surface area contributed by atoms with Crippen LogP contribution in [-0.4, -0.2) is 22.6 Å². The maximum Gasteiger partial charge on any atom is 0.328 e. The van der Waals surface area contributed by atoms with Crippen LogP contribution in [-0.2, 0) is 6.54 Å². The zero-order valence-electron chi connectivity index (χ0n) is 14.1. The van der Waals surface area contributed by atoms with Crippen molar-refractivity contribution < 1.29 is 13.9 Å². The van der Waals surface area contributed by atoms with Crippen molar-refractivity contribution in [2.24, 2.45) is 0 Å². The van der Waals surface area contributed by atoms with Crippen LogP contribution in [0.15, 0.2) is 46.0 Å². The van der Waals surface area contributed by atoms with Gasteiger partial charge in [-0.2, -0.15) is 0 Å². The fraction of sp³-hybridized carbons (Fsp3) is 0.167. The van der Waals surface area contributed by atoms with Crippen LogP contribution in [0.4, 0.5) is 10.1 Å². The first-order valence-corrected chi connectivity index (χ1v) is 7.86. The summed E-state index contributed by atoms with van der Waals surface area (Å²) in [6.45, 7) is 1.94. The molecule has 7 nitrogen and oxygen atoms in total. The van der Waals surface area contributed by atoms with Gasteiger partial charge in [-0.05, 0) is 37.3 Å². The van der Waals surface area contributed by atoms with E-state index in [1.165, 1.54) is 37.4 Å². The Balaban J connectivity index is 1.99. The first-order valence-electron chi connectivity index (χ1n) is 7.86. The molecule has 0 saturated heterocycles. The van der Waals surface area contributed by atoms with E-state index in [-0.39, 0.29) is 23.4 Å². The molecular weight excluding hydrogens is 341 g/mol. The van der Waals surface area contributed by atoms with Gasteiger partial charge in [0.1, 0.15) is 11.6 Å². The number of aromatic nitrogens is 2. The van der Waals surface area contributed by atoms with Crippen LogP contribution in [0.5, 0.6) is 5.75 Å². The van der Waals surface area contributed by atoms with E-state index in [9.17, 15) is 18.8 Å². The molecule has 0 atom stereocenters. The van der Waals surface area contributed by atoms with Crippen LogP contribution < -0.4 is 21.3 Å². The minimum absolute atomic E-state index is 0.179. The smallest absolute Gasteiger partial charge is 0.328 e. The molecule has 0 aliphatic rings. The highest BCUT2D eigenvalue weighted by Gasteiger charge is 2.13. The molecule has 2 aromatic carbocycles. The Morgan fingerprint density at radius 1 is 1.23 bits per heavy atom. The third kappa shape index (κ3) is 3.08. The zero-order chi connectivity index (χ0) is 18.8. The largest absolute Gasteiger partial charge is 0.494 e. The number of fused-ring (bicyclic) bond motifs is 1. The van der Waals surface area contributed by atoms with Crippen LogP contribution in [0.25, 0.3) is 10.9 Å². The van der Waals surface area contributed by atoms with E-state index < -0.39 is 23.0 Å². The van der Waals surface area contributed by atoms with Crippen LogP contribution in [0.2, 0.25) is 0 Å². The number of carbonyl (C=O) groups is 1. The maximum atomic E-state index is 13.2. The molecule has 0 unspecified atom stereocenters. The number of H-pyrrole nitrogens is 1. The number of methoxy groups -OCH3 is 1. The Morgan fingerprint density at radius 3 is 2.69 bits per heavy atom. The minimum atomic E-state index is -0.539. The lowest BCUT2D eigenvalue weighted by atomic mass is 10.1. The van der Waals surface area contributed by atoms with Crippen molar-refractivity contribution in [3.8, 4) is 5.75 Å². The van der Waals surface area contributed by atoms with Gasteiger partial charge in [-0.3, -0.25) is 14.2 Å². The van der Waals surface area contributed by atoms with Crippen molar-refractivity contribution in [1.29, 1.82) is 0 Å². The Kier molecular flexibility index (Phi) is 4.57. The second-order valence-electron chi connectivity index (χ2n) is 5.54. The van der Waals surface area contributed by atoms with Gasteiger partial charge in [0.05, 0.1) is 23.7 Å². The minimum Gasteiger partial charge on any atom is -0.494 e. The van der Waals surface area contributed by atoms with Crippen molar-refractivity contribution in [2.45, 2.75) is 13.5 Å². The fourth-order valence-corrected chi connectivity index (χ4v) is 2.65. The summed E-state index contributed by atoms with van der Waals surface area (Å²) in [6, 6.07) is 8.12. The molecule has 0 radical (unpaired) electrons. The molecule has 0 bridgehead atoms. The number of ether oxygens (including phenoxy) is 1. The number of nitrogens with zero attached hydrogens (tertiary/aromatic N) is 1. The van der Waals surface area contributed by atoms with E-state index in [0.717, 1.165) is 10.6 Å². The Morgan fingerprint density at radius 2 is 2.00 bits per heavy atom. The molecule has 0 spiro atoms. The third-order valence-corrected chi connectivity index (χ3v) is 3.97. The van der Waals surface area contributed by atoms with Crippen LogP contribution in [0, 0.1) is 5.82 Å². The second-order valence-corrected chi connectivity index (χ2v) is 5.54. The number of nitrogens with one attached hydrogen (secondary N) is 2. The van der Waals surface area contributed by atoms with E-state index in [0.29, 0.717) is 11.1 Å². The van der Waals surface area contributed by atoms with Crippen LogP contribution >= 0.6 is 0 Å². The van der Waals surface area contributed by atoms with Gasteiger partial charge in [0.15, 0.2) is 0 Å². The predicted molar refractivity (Wildman–Crippen MR) is 95.4 cm³/mol. The lowest BCUT2D eigenvalue weighted by Gasteiger charge is -2.11. The van der Waals surface area contributed by atoms with Crippen molar-refractivity contribution in [1.82, 2.24) is 9.55 Å². The van der Waals surface area contributed by atoms with Gasteiger partial charge in [-0.1, -0.05) is 0 Å². The molecule has 1 heterocycles. The molecule has 26 heavy (non-hydrogen) atoms. The number of amides is 1. The lowest BCUT2D eigenvalue weighted by molar-refractivity contribution is 0.102. The normalized spacial score (nSPS) is 10.7. The molecule has 3 rings (SSSR count). The lowest BCUT2D eigenvalue weighted by Crippen LogP contribution is -2.34. The third-order valence-electron chi connectivity index (χ3n) is 3.97. The van der Waals surface area contributed by atoms with E-state index in [1.54, 1.807) is 6.92 Å². The monoisotopic (exact) mass is 357 g/mol. The summed E-state index contributed by atoms with van der Waals surface area (Å²) in [5.74, 6) is -0.800. The fourth-order valence-electron chi connectivity index (χ4n) is 2.65. The number of hydrogen-bond acceptors (Lipinski definition) is 4.